The number of rotatable bonds is 8. The maximum absolute atomic E-state index is 11.9. The van der Waals surface area contributed by atoms with Gasteiger partial charge < -0.3 is 15.1 Å². The number of nitrogens with zero attached hydrogens (tertiary/aromatic N) is 1. The Hall–Kier alpha value is -0.890. The van der Waals surface area contributed by atoms with E-state index in [9.17, 15) is 8.42 Å². The highest BCUT2D eigenvalue weighted by Crippen LogP contribution is 2.12. The quantitative estimate of drug-likeness (QED) is 0.715. The maximum atomic E-state index is 11.9. The summed E-state index contributed by atoms with van der Waals surface area (Å²) in [5.41, 5.74) is 5.37. The summed E-state index contributed by atoms with van der Waals surface area (Å²) in [6.45, 7) is 7.11. The predicted octanol–water partition coefficient (Wildman–Crippen LogP) is 0.358. The van der Waals surface area contributed by atoms with Crippen LogP contribution in [0, 0.1) is 0 Å². The van der Waals surface area contributed by atoms with E-state index in [4.69, 9.17) is 10.2 Å². The fourth-order valence-electron chi connectivity index (χ4n) is 1.56. The van der Waals surface area contributed by atoms with Crippen molar-refractivity contribution in [3.63, 3.8) is 0 Å². The highest BCUT2D eigenvalue weighted by molar-refractivity contribution is 7.89. The van der Waals surface area contributed by atoms with E-state index in [0.29, 0.717) is 18.8 Å². The topological polar surface area (TPSA) is 88.6 Å². The molecular weight excluding hydrogens is 254 g/mol. The Labute approximate surface area is 108 Å². The Kier molecular flexibility index (Phi) is 5.80. The minimum atomic E-state index is -3.56. The third-order valence-electron chi connectivity index (χ3n) is 2.72. The van der Waals surface area contributed by atoms with Crippen LogP contribution in [0.5, 0.6) is 0 Å². The van der Waals surface area contributed by atoms with Gasteiger partial charge in [-0.1, -0.05) is 13.8 Å². The Balaban J connectivity index is 2.54. The van der Waals surface area contributed by atoms with E-state index in [1.54, 1.807) is 6.07 Å². The standard InChI is InChI=1S/C11H21N3O3S/c1-3-14(4-2)8-7-13-18(15,16)11-6-5-10(9-12)17-11/h5-6,13H,3-4,7-9,12H2,1-2H3. The van der Waals surface area contributed by atoms with Crippen molar-refractivity contribution in [2.45, 2.75) is 25.5 Å². The summed E-state index contributed by atoms with van der Waals surface area (Å²) in [4.78, 5) is 2.13. The Bertz CT molecular complexity index is 452. The average Bonchev–Trinajstić information content (AvgIpc) is 2.84. The van der Waals surface area contributed by atoms with Crippen molar-refractivity contribution >= 4 is 10.0 Å². The zero-order chi connectivity index (χ0) is 13.6. The SMILES string of the molecule is CCN(CC)CCNS(=O)(=O)c1ccc(CN)o1. The van der Waals surface area contributed by atoms with Gasteiger partial charge in [0, 0.05) is 13.1 Å². The van der Waals surface area contributed by atoms with Gasteiger partial charge in [0.05, 0.1) is 6.54 Å². The lowest BCUT2D eigenvalue weighted by Crippen LogP contribution is -2.34. The average molecular weight is 275 g/mol. The van der Waals surface area contributed by atoms with Gasteiger partial charge in [0.15, 0.2) is 0 Å². The molecule has 0 unspecified atom stereocenters. The molecule has 0 spiro atoms. The fourth-order valence-corrected chi connectivity index (χ4v) is 2.53. The van der Waals surface area contributed by atoms with Crippen molar-refractivity contribution < 1.29 is 12.8 Å². The molecule has 0 amide bonds. The van der Waals surface area contributed by atoms with Crippen LogP contribution < -0.4 is 10.5 Å². The van der Waals surface area contributed by atoms with Crippen molar-refractivity contribution in [1.82, 2.24) is 9.62 Å². The number of hydrogen-bond acceptors (Lipinski definition) is 5. The van der Waals surface area contributed by atoms with E-state index in [-0.39, 0.29) is 11.6 Å². The zero-order valence-electron chi connectivity index (χ0n) is 10.8. The summed E-state index contributed by atoms with van der Waals surface area (Å²) < 4.78 is 31.3. The number of nitrogens with one attached hydrogen (secondary N) is 1. The molecule has 0 aliphatic carbocycles. The monoisotopic (exact) mass is 275 g/mol. The van der Waals surface area contributed by atoms with Crippen molar-refractivity contribution in [1.29, 1.82) is 0 Å². The van der Waals surface area contributed by atoms with Crippen LogP contribution in [0.15, 0.2) is 21.6 Å². The van der Waals surface area contributed by atoms with Gasteiger partial charge >= 0.3 is 0 Å². The molecule has 3 N–H and O–H groups in total. The van der Waals surface area contributed by atoms with Gasteiger partial charge in [-0.2, -0.15) is 0 Å². The molecule has 0 aromatic carbocycles. The Morgan fingerprint density at radius 3 is 2.50 bits per heavy atom. The van der Waals surface area contributed by atoms with Crippen molar-refractivity contribution in [2.75, 3.05) is 26.2 Å². The second kappa shape index (κ2) is 6.89. The molecule has 7 heteroatoms. The van der Waals surface area contributed by atoms with Crippen LogP contribution in [0.2, 0.25) is 0 Å². The van der Waals surface area contributed by atoms with Crippen LogP contribution in [0.1, 0.15) is 19.6 Å². The van der Waals surface area contributed by atoms with Gasteiger partial charge in [0.2, 0.25) is 5.09 Å². The Morgan fingerprint density at radius 2 is 2.00 bits per heavy atom. The first kappa shape index (κ1) is 15.2. The van der Waals surface area contributed by atoms with E-state index in [1.165, 1.54) is 6.07 Å². The Morgan fingerprint density at radius 1 is 1.33 bits per heavy atom. The van der Waals surface area contributed by atoms with E-state index < -0.39 is 10.0 Å². The van der Waals surface area contributed by atoms with Gasteiger partial charge in [-0.05, 0) is 25.2 Å². The first-order chi connectivity index (χ1) is 8.53. The van der Waals surface area contributed by atoms with Gasteiger partial charge in [-0.3, -0.25) is 0 Å². The minimum absolute atomic E-state index is 0.0810. The lowest BCUT2D eigenvalue weighted by molar-refractivity contribution is 0.308. The third kappa shape index (κ3) is 4.09. The van der Waals surface area contributed by atoms with Crippen LogP contribution >= 0.6 is 0 Å². The zero-order valence-corrected chi connectivity index (χ0v) is 11.7. The first-order valence-electron chi connectivity index (χ1n) is 6.04. The van der Waals surface area contributed by atoms with E-state index in [1.807, 2.05) is 13.8 Å². The largest absolute Gasteiger partial charge is 0.447 e. The molecule has 6 nitrogen and oxygen atoms in total. The molecule has 0 atom stereocenters. The molecule has 1 heterocycles. The van der Waals surface area contributed by atoms with E-state index >= 15 is 0 Å². The number of hydrogen-bond donors (Lipinski definition) is 2. The van der Waals surface area contributed by atoms with Gasteiger partial charge in [0.25, 0.3) is 10.0 Å². The number of sulfonamides is 1. The van der Waals surface area contributed by atoms with Crippen molar-refractivity contribution in [3.05, 3.63) is 17.9 Å². The normalized spacial score (nSPS) is 12.2. The molecule has 0 aliphatic heterocycles. The predicted molar refractivity (Wildman–Crippen MR) is 69.6 cm³/mol. The number of nitrogens with two attached hydrogens (primary N) is 1. The summed E-state index contributed by atoms with van der Waals surface area (Å²) in [5.74, 6) is 0.458. The highest BCUT2D eigenvalue weighted by atomic mass is 32.2. The lowest BCUT2D eigenvalue weighted by atomic mass is 10.5. The lowest BCUT2D eigenvalue weighted by Gasteiger charge is -2.17. The minimum Gasteiger partial charge on any atom is -0.447 e. The van der Waals surface area contributed by atoms with Crippen molar-refractivity contribution in [2.24, 2.45) is 5.73 Å². The van der Waals surface area contributed by atoms with Gasteiger partial charge in [-0.15, -0.1) is 0 Å². The second-order valence-electron chi connectivity index (χ2n) is 3.85. The number of likely N-dealkylation sites (N-methyl/N-ethyl adjacent to an activating group) is 1. The summed E-state index contributed by atoms with van der Waals surface area (Å²) in [5, 5.41) is -0.0810. The molecule has 0 aliphatic rings. The summed E-state index contributed by atoms with van der Waals surface area (Å²) >= 11 is 0. The first-order valence-corrected chi connectivity index (χ1v) is 7.52. The van der Waals surface area contributed by atoms with Crippen LogP contribution in [0.3, 0.4) is 0 Å². The molecule has 1 aromatic rings. The molecule has 0 fully saturated rings. The van der Waals surface area contributed by atoms with E-state index in [2.05, 4.69) is 9.62 Å². The second-order valence-corrected chi connectivity index (χ2v) is 5.55. The van der Waals surface area contributed by atoms with Gasteiger partial charge in [-0.25, -0.2) is 13.1 Å². The molecule has 0 saturated carbocycles. The maximum Gasteiger partial charge on any atom is 0.274 e. The summed E-state index contributed by atoms with van der Waals surface area (Å²) in [6.07, 6.45) is 0. The van der Waals surface area contributed by atoms with E-state index in [0.717, 1.165) is 13.1 Å². The third-order valence-corrected chi connectivity index (χ3v) is 4.05. The molecule has 104 valence electrons. The summed E-state index contributed by atoms with van der Waals surface area (Å²) in [6, 6.07) is 2.99. The molecule has 0 saturated heterocycles. The molecule has 0 bridgehead atoms. The highest BCUT2D eigenvalue weighted by Gasteiger charge is 2.18. The molecule has 1 aromatic heterocycles. The fraction of sp³-hybridized carbons (Fsp3) is 0.636. The van der Waals surface area contributed by atoms with Crippen LogP contribution in [0.25, 0.3) is 0 Å². The summed E-state index contributed by atoms with van der Waals surface area (Å²) in [7, 11) is -3.56. The molecule has 18 heavy (non-hydrogen) atoms. The molecule has 0 radical (unpaired) electrons. The molecular formula is C11H21N3O3S. The number of furan rings is 1. The molecule has 1 rings (SSSR count). The van der Waals surface area contributed by atoms with Crippen LogP contribution in [0.4, 0.5) is 0 Å². The van der Waals surface area contributed by atoms with Crippen molar-refractivity contribution in [3.8, 4) is 0 Å². The van der Waals surface area contributed by atoms with Gasteiger partial charge in [0.1, 0.15) is 5.76 Å². The van der Waals surface area contributed by atoms with Crippen LogP contribution in [-0.4, -0.2) is 39.5 Å². The smallest absolute Gasteiger partial charge is 0.274 e. The van der Waals surface area contributed by atoms with Crippen LogP contribution in [-0.2, 0) is 16.6 Å².